The van der Waals surface area contributed by atoms with Gasteiger partial charge in [0, 0.05) is 27.2 Å². The summed E-state index contributed by atoms with van der Waals surface area (Å²) in [4.78, 5) is 19.7. The van der Waals surface area contributed by atoms with Gasteiger partial charge < -0.3 is 14.5 Å². The van der Waals surface area contributed by atoms with E-state index in [1.165, 1.54) is 7.11 Å². The van der Waals surface area contributed by atoms with Crippen LogP contribution in [0, 0.1) is 0 Å². The Morgan fingerprint density at radius 1 is 1.40 bits per heavy atom. The van der Waals surface area contributed by atoms with E-state index in [9.17, 15) is 4.79 Å². The minimum Gasteiger partial charge on any atom is -0.467 e. The number of hydrogen-bond acceptors (Lipinski definition) is 3. The highest BCUT2D eigenvalue weighted by molar-refractivity contribution is 5.84. The first-order valence-electron chi connectivity index (χ1n) is 5.14. The quantitative estimate of drug-likeness (QED) is 0.613. The second-order valence-corrected chi connectivity index (χ2v) is 3.82. The van der Waals surface area contributed by atoms with Gasteiger partial charge in [0.1, 0.15) is 6.04 Å². The number of hydrogen-bond donors (Lipinski definition) is 0. The molecule has 0 unspecified atom stereocenters. The molecule has 1 fully saturated rings. The zero-order chi connectivity index (χ0) is 11.4. The van der Waals surface area contributed by atoms with Gasteiger partial charge in [0.25, 0.3) is 0 Å². The maximum absolute atomic E-state index is 11.2. The summed E-state index contributed by atoms with van der Waals surface area (Å²) in [5.74, 6) is 0.564. The molecule has 15 heavy (non-hydrogen) atoms. The molecule has 0 aromatic heterocycles. The van der Waals surface area contributed by atoms with Crippen molar-refractivity contribution in [3.8, 4) is 0 Å². The minimum atomic E-state index is -0.437. The number of aliphatic imine (C=N–C) groups is 1. The zero-order valence-corrected chi connectivity index (χ0v) is 9.86. The molecule has 1 aliphatic heterocycles. The second-order valence-electron chi connectivity index (χ2n) is 3.82. The van der Waals surface area contributed by atoms with Gasteiger partial charge in [-0.2, -0.15) is 0 Å². The normalized spacial score (nSPS) is 18.8. The number of methoxy groups -OCH3 is 1. The van der Waals surface area contributed by atoms with E-state index in [-0.39, 0.29) is 5.97 Å². The lowest BCUT2D eigenvalue weighted by atomic mass is 10.3. The molecule has 0 aromatic carbocycles. The Labute approximate surface area is 90.7 Å². The predicted octanol–water partition coefficient (Wildman–Crippen LogP) is 0.171. The van der Waals surface area contributed by atoms with Crippen molar-refractivity contribution in [2.75, 3.05) is 34.3 Å². The number of nitrogens with zero attached hydrogens (tertiary/aromatic N) is 3. The number of rotatable bonds is 2. The number of carbonyl (C=O) groups is 1. The Balaban J connectivity index is 2.74. The summed E-state index contributed by atoms with van der Waals surface area (Å²) in [5, 5.41) is 0. The maximum atomic E-state index is 11.2. The molecule has 5 nitrogen and oxygen atoms in total. The predicted molar refractivity (Wildman–Crippen MR) is 58.8 cm³/mol. The SMILES string of the molecule is COC(=O)[C@H](C)N=C1N(C)CCCN1C. The van der Waals surface area contributed by atoms with Gasteiger partial charge in [0.2, 0.25) is 0 Å². The van der Waals surface area contributed by atoms with Gasteiger partial charge in [-0.15, -0.1) is 0 Å². The first-order chi connectivity index (χ1) is 7.06. The highest BCUT2D eigenvalue weighted by Crippen LogP contribution is 2.07. The third kappa shape index (κ3) is 2.84. The van der Waals surface area contributed by atoms with Gasteiger partial charge in [0.05, 0.1) is 7.11 Å². The summed E-state index contributed by atoms with van der Waals surface area (Å²) < 4.78 is 4.64. The van der Waals surface area contributed by atoms with Crippen LogP contribution in [-0.4, -0.2) is 62.1 Å². The van der Waals surface area contributed by atoms with E-state index in [0.717, 1.165) is 25.5 Å². The number of carbonyl (C=O) groups excluding carboxylic acids is 1. The summed E-state index contributed by atoms with van der Waals surface area (Å²) in [6.07, 6.45) is 1.12. The maximum Gasteiger partial charge on any atom is 0.330 e. The fourth-order valence-electron chi connectivity index (χ4n) is 1.63. The summed E-state index contributed by atoms with van der Waals surface area (Å²) in [5.41, 5.74) is 0. The topological polar surface area (TPSA) is 45.1 Å². The highest BCUT2D eigenvalue weighted by Gasteiger charge is 2.20. The molecule has 0 aliphatic carbocycles. The lowest BCUT2D eigenvalue weighted by Gasteiger charge is -2.34. The number of esters is 1. The van der Waals surface area contributed by atoms with Crippen LogP contribution in [0.3, 0.4) is 0 Å². The van der Waals surface area contributed by atoms with E-state index in [4.69, 9.17) is 0 Å². The minimum absolute atomic E-state index is 0.296. The molecule has 0 bridgehead atoms. The Morgan fingerprint density at radius 3 is 2.40 bits per heavy atom. The lowest BCUT2D eigenvalue weighted by Crippen LogP contribution is -2.47. The molecule has 1 aliphatic rings. The summed E-state index contributed by atoms with van der Waals surface area (Å²) in [7, 11) is 5.35. The van der Waals surface area contributed by atoms with Crippen LogP contribution in [0.15, 0.2) is 4.99 Å². The first-order valence-corrected chi connectivity index (χ1v) is 5.14. The fourth-order valence-corrected chi connectivity index (χ4v) is 1.63. The van der Waals surface area contributed by atoms with Crippen molar-refractivity contribution in [1.29, 1.82) is 0 Å². The lowest BCUT2D eigenvalue weighted by molar-refractivity contribution is -0.141. The summed E-state index contributed by atoms with van der Waals surface area (Å²) >= 11 is 0. The molecule has 1 rings (SSSR count). The Hall–Kier alpha value is -1.26. The smallest absolute Gasteiger partial charge is 0.330 e. The number of ether oxygens (including phenoxy) is 1. The van der Waals surface area contributed by atoms with Crippen LogP contribution in [0.25, 0.3) is 0 Å². The van der Waals surface area contributed by atoms with Crippen LogP contribution in [0.1, 0.15) is 13.3 Å². The Kier molecular flexibility index (Phi) is 3.94. The molecule has 0 saturated carbocycles. The van der Waals surface area contributed by atoms with Gasteiger partial charge in [0.15, 0.2) is 5.96 Å². The van der Waals surface area contributed by atoms with Gasteiger partial charge >= 0.3 is 5.97 Å². The van der Waals surface area contributed by atoms with E-state index in [1.807, 2.05) is 14.1 Å². The molecule has 1 atom stereocenters. The van der Waals surface area contributed by atoms with E-state index in [1.54, 1.807) is 6.92 Å². The van der Waals surface area contributed by atoms with Crippen molar-refractivity contribution in [3.05, 3.63) is 0 Å². The monoisotopic (exact) mass is 213 g/mol. The van der Waals surface area contributed by atoms with Crippen molar-refractivity contribution in [3.63, 3.8) is 0 Å². The van der Waals surface area contributed by atoms with E-state index >= 15 is 0 Å². The van der Waals surface area contributed by atoms with Crippen LogP contribution < -0.4 is 0 Å². The Bertz CT molecular complexity index is 253. The van der Waals surface area contributed by atoms with Crippen LogP contribution in [-0.2, 0) is 9.53 Å². The summed E-state index contributed by atoms with van der Waals surface area (Å²) in [6, 6.07) is -0.437. The van der Waals surface area contributed by atoms with E-state index in [0.29, 0.717) is 0 Å². The van der Waals surface area contributed by atoms with Crippen LogP contribution in [0.4, 0.5) is 0 Å². The second kappa shape index (κ2) is 5.00. The standard InChI is InChI=1S/C10H19N3O2/c1-8(9(14)15-4)11-10-12(2)6-5-7-13(10)3/h8H,5-7H2,1-4H3/t8-/m0/s1. The molecule has 0 aromatic rings. The van der Waals surface area contributed by atoms with Crippen LogP contribution in [0.5, 0.6) is 0 Å². The van der Waals surface area contributed by atoms with Crippen molar-refractivity contribution < 1.29 is 9.53 Å². The van der Waals surface area contributed by atoms with Crippen LogP contribution in [0.2, 0.25) is 0 Å². The van der Waals surface area contributed by atoms with E-state index in [2.05, 4.69) is 19.5 Å². The zero-order valence-electron chi connectivity index (χ0n) is 9.86. The molecule has 1 heterocycles. The highest BCUT2D eigenvalue weighted by atomic mass is 16.5. The first kappa shape index (κ1) is 11.8. The average molecular weight is 213 g/mol. The Morgan fingerprint density at radius 2 is 1.93 bits per heavy atom. The molecule has 86 valence electrons. The van der Waals surface area contributed by atoms with Crippen molar-refractivity contribution in [2.24, 2.45) is 4.99 Å². The molecule has 0 radical (unpaired) electrons. The molecule has 0 amide bonds. The van der Waals surface area contributed by atoms with E-state index < -0.39 is 6.04 Å². The average Bonchev–Trinajstić information content (AvgIpc) is 2.22. The summed E-state index contributed by atoms with van der Waals surface area (Å²) in [6.45, 7) is 3.71. The third-order valence-corrected chi connectivity index (χ3v) is 2.52. The fraction of sp³-hybridized carbons (Fsp3) is 0.800. The largest absolute Gasteiger partial charge is 0.467 e. The van der Waals surface area contributed by atoms with Crippen molar-refractivity contribution >= 4 is 11.9 Å². The molecular weight excluding hydrogens is 194 g/mol. The van der Waals surface area contributed by atoms with Gasteiger partial charge in [-0.25, -0.2) is 9.79 Å². The third-order valence-electron chi connectivity index (χ3n) is 2.52. The molecule has 5 heteroatoms. The molecule has 0 N–H and O–H groups in total. The van der Waals surface area contributed by atoms with Crippen molar-refractivity contribution in [2.45, 2.75) is 19.4 Å². The molecular formula is C10H19N3O2. The molecule has 1 saturated heterocycles. The van der Waals surface area contributed by atoms with Gasteiger partial charge in [-0.1, -0.05) is 0 Å². The van der Waals surface area contributed by atoms with Crippen molar-refractivity contribution in [1.82, 2.24) is 9.80 Å². The molecule has 0 spiro atoms. The van der Waals surface area contributed by atoms with Gasteiger partial charge in [-0.3, -0.25) is 0 Å². The van der Waals surface area contributed by atoms with Crippen LogP contribution >= 0.6 is 0 Å². The van der Waals surface area contributed by atoms with Gasteiger partial charge in [-0.05, 0) is 13.3 Å². The number of guanidine groups is 1.